The standard InChI is InChI=1S/C11H12N2O2.K/c12-9(11(14)15)5-7-6-13-10-4-2-1-3-8(7)10;/h1-4,6,9,13H,5,12H2,(H,14,15);/q;+1/p-1/t9-;/m1./s1. The van der Waals surface area contributed by atoms with Crippen molar-refractivity contribution in [1.82, 2.24) is 4.98 Å². The fraction of sp³-hybridized carbons (Fsp3) is 0.182. The Kier molecular flexibility index (Phi) is 5.16. The van der Waals surface area contributed by atoms with Gasteiger partial charge in [-0.15, -0.1) is 0 Å². The molecule has 5 heteroatoms. The number of rotatable bonds is 3. The predicted molar refractivity (Wildman–Crippen MR) is 55.0 cm³/mol. The van der Waals surface area contributed by atoms with E-state index in [9.17, 15) is 9.90 Å². The minimum Gasteiger partial charge on any atom is -0.548 e. The summed E-state index contributed by atoms with van der Waals surface area (Å²) in [5.74, 6) is -1.22. The second kappa shape index (κ2) is 5.95. The molecule has 1 aromatic carbocycles. The molecule has 3 N–H and O–H groups in total. The van der Waals surface area contributed by atoms with Crippen molar-refractivity contribution in [3.05, 3.63) is 36.0 Å². The number of aliphatic carboxylic acids is 1. The second-order valence-electron chi connectivity index (χ2n) is 3.49. The molecule has 1 aromatic heterocycles. The fourth-order valence-electron chi connectivity index (χ4n) is 1.62. The van der Waals surface area contributed by atoms with E-state index in [0.717, 1.165) is 16.5 Å². The van der Waals surface area contributed by atoms with E-state index in [1.165, 1.54) is 0 Å². The molecule has 0 amide bonds. The van der Waals surface area contributed by atoms with Gasteiger partial charge in [-0.25, -0.2) is 0 Å². The molecular weight excluding hydrogens is 231 g/mol. The van der Waals surface area contributed by atoms with Crippen LogP contribution in [0.25, 0.3) is 10.9 Å². The third-order valence-corrected chi connectivity index (χ3v) is 2.42. The number of carbonyl (C=O) groups excluding carboxylic acids is 1. The average Bonchev–Trinajstić information content (AvgIpc) is 2.62. The maximum absolute atomic E-state index is 10.5. The third kappa shape index (κ3) is 2.94. The number of fused-ring (bicyclic) bond motifs is 1. The molecular formula is C11H11KN2O2. The molecule has 4 nitrogen and oxygen atoms in total. The topological polar surface area (TPSA) is 81.9 Å². The number of H-pyrrole nitrogens is 1. The van der Waals surface area contributed by atoms with E-state index < -0.39 is 12.0 Å². The van der Waals surface area contributed by atoms with Gasteiger partial charge in [-0.05, 0) is 18.1 Å². The summed E-state index contributed by atoms with van der Waals surface area (Å²) in [7, 11) is 0. The Labute approximate surface area is 136 Å². The van der Waals surface area contributed by atoms with Crippen molar-refractivity contribution in [3.8, 4) is 0 Å². The average molecular weight is 242 g/mol. The Morgan fingerprint density at radius 3 is 2.81 bits per heavy atom. The number of carbonyl (C=O) groups is 1. The number of hydrogen-bond acceptors (Lipinski definition) is 3. The fourth-order valence-corrected chi connectivity index (χ4v) is 1.62. The summed E-state index contributed by atoms with van der Waals surface area (Å²) in [5, 5.41) is 11.5. The van der Waals surface area contributed by atoms with Crippen LogP contribution in [-0.2, 0) is 11.2 Å². The molecule has 0 radical (unpaired) electrons. The summed E-state index contributed by atoms with van der Waals surface area (Å²) in [6, 6.07) is 6.74. The normalized spacial score (nSPS) is 12.1. The number of hydrogen-bond donors (Lipinski definition) is 2. The van der Waals surface area contributed by atoms with Crippen LogP contribution in [0.2, 0.25) is 0 Å². The molecule has 16 heavy (non-hydrogen) atoms. The molecule has 0 saturated carbocycles. The van der Waals surface area contributed by atoms with Crippen LogP contribution in [0.1, 0.15) is 5.56 Å². The third-order valence-electron chi connectivity index (χ3n) is 2.42. The van der Waals surface area contributed by atoms with Crippen LogP contribution in [-0.4, -0.2) is 17.0 Å². The van der Waals surface area contributed by atoms with Crippen molar-refractivity contribution in [2.24, 2.45) is 5.73 Å². The zero-order valence-corrected chi connectivity index (χ0v) is 12.2. The Balaban J connectivity index is 0.00000128. The summed E-state index contributed by atoms with van der Waals surface area (Å²) in [5.41, 5.74) is 7.31. The van der Waals surface area contributed by atoms with Gasteiger partial charge in [0.15, 0.2) is 0 Å². The molecule has 0 unspecified atom stereocenters. The van der Waals surface area contributed by atoms with E-state index in [4.69, 9.17) is 5.73 Å². The number of carboxylic acids is 1. The molecule has 0 spiro atoms. The van der Waals surface area contributed by atoms with Gasteiger partial charge in [0.25, 0.3) is 0 Å². The number of aromatic amines is 1. The summed E-state index contributed by atoms with van der Waals surface area (Å²) in [6.45, 7) is 0. The number of carboxylic acid groups (broad SMARTS) is 1. The van der Waals surface area contributed by atoms with E-state index in [1.807, 2.05) is 24.3 Å². The molecule has 0 aliphatic heterocycles. The molecule has 0 aliphatic carbocycles. The summed E-state index contributed by atoms with van der Waals surface area (Å²) < 4.78 is 0. The largest absolute Gasteiger partial charge is 1.00 e. The van der Waals surface area contributed by atoms with Gasteiger partial charge in [0.1, 0.15) is 0 Å². The molecule has 1 atom stereocenters. The van der Waals surface area contributed by atoms with Gasteiger partial charge >= 0.3 is 51.4 Å². The molecule has 1 heterocycles. The smallest absolute Gasteiger partial charge is 0.548 e. The molecule has 0 bridgehead atoms. The van der Waals surface area contributed by atoms with Gasteiger partial charge in [-0.2, -0.15) is 0 Å². The summed E-state index contributed by atoms with van der Waals surface area (Å²) >= 11 is 0. The van der Waals surface area contributed by atoms with Crippen LogP contribution in [0, 0.1) is 0 Å². The summed E-state index contributed by atoms with van der Waals surface area (Å²) in [4.78, 5) is 13.6. The predicted octanol–water partition coefficient (Wildman–Crippen LogP) is -3.21. The van der Waals surface area contributed by atoms with E-state index in [0.29, 0.717) is 0 Å². The van der Waals surface area contributed by atoms with Gasteiger partial charge in [0.2, 0.25) is 0 Å². The van der Waals surface area contributed by atoms with Gasteiger partial charge in [0.05, 0.1) is 5.97 Å². The Morgan fingerprint density at radius 2 is 2.12 bits per heavy atom. The van der Waals surface area contributed by atoms with Gasteiger partial charge in [-0.3, -0.25) is 0 Å². The number of aromatic nitrogens is 1. The van der Waals surface area contributed by atoms with Crippen LogP contribution in [0.15, 0.2) is 30.5 Å². The molecule has 2 rings (SSSR count). The van der Waals surface area contributed by atoms with Gasteiger partial charge in [-0.1, -0.05) is 18.2 Å². The Morgan fingerprint density at radius 1 is 1.44 bits per heavy atom. The number of para-hydroxylation sites is 1. The molecule has 0 aliphatic rings. The zero-order chi connectivity index (χ0) is 10.8. The summed E-state index contributed by atoms with van der Waals surface area (Å²) in [6.07, 6.45) is 2.07. The minimum atomic E-state index is -1.22. The first-order valence-corrected chi connectivity index (χ1v) is 4.70. The molecule has 0 fully saturated rings. The van der Waals surface area contributed by atoms with E-state index in [2.05, 4.69) is 4.98 Å². The van der Waals surface area contributed by atoms with Gasteiger partial charge in [0, 0.05) is 23.1 Å². The Bertz CT molecular complexity index is 495. The molecule has 78 valence electrons. The maximum atomic E-state index is 10.5. The van der Waals surface area contributed by atoms with E-state index >= 15 is 0 Å². The van der Waals surface area contributed by atoms with Crippen molar-refractivity contribution in [2.45, 2.75) is 12.5 Å². The van der Waals surface area contributed by atoms with Crippen LogP contribution >= 0.6 is 0 Å². The van der Waals surface area contributed by atoms with E-state index in [-0.39, 0.29) is 57.8 Å². The maximum Gasteiger partial charge on any atom is 1.00 e. The Hall–Kier alpha value is -0.174. The molecule has 0 saturated heterocycles. The number of nitrogens with one attached hydrogen (secondary N) is 1. The monoisotopic (exact) mass is 242 g/mol. The van der Waals surface area contributed by atoms with E-state index in [1.54, 1.807) is 6.20 Å². The van der Waals surface area contributed by atoms with Crippen LogP contribution in [0.5, 0.6) is 0 Å². The van der Waals surface area contributed by atoms with Crippen molar-refractivity contribution in [2.75, 3.05) is 0 Å². The quantitative estimate of drug-likeness (QED) is 0.556. The van der Waals surface area contributed by atoms with Crippen molar-refractivity contribution in [1.29, 1.82) is 0 Å². The second-order valence-corrected chi connectivity index (χ2v) is 3.49. The first kappa shape index (κ1) is 13.9. The van der Waals surface area contributed by atoms with Crippen LogP contribution in [0.4, 0.5) is 0 Å². The SMILES string of the molecule is N[C@H](Cc1c[nH]c2ccccc12)C(=O)[O-].[K+]. The molecule has 2 aromatic rings. The first-order valence-electron chi connectivity index (χ1n) is 4.70. The number of benzene rings is 1. The van der Waals surface area contributed by atoms with Crippen molar-refractivity contribution in [3.63, 3.8) is 0 Å². The van der Waals surface area contributed by atoms with Crippen LogP contribution in [0.3, 0.4) is 0 Å². The van der Waals surface area contributed by atoms with Crippen LogP contribution < -0.4 is 62.2 Å². The minimum absolute atomic E-state index is 0. The number of nitrogens with two attached hydrogens (primary N) is 1. The first-order chi connectivity index (χ1) is 7.18. The van der Waals surface area contributed by atoms with Crippen molar-refractivity contribution >= 4 is 16.9 Å². The zero-order valence-electron chi connectivity index (χ0n) is 9.07. The van der Waals surface area contributed by atoms with Crippen molar-refractivity contribution < 1.29 is 61.3 Å². The van der Waals surface area contributed by atoms with Gasteiger partial charge < -0.3 is 20.6 Å².